The molecule has 2 saturated carbocycles. The van der Waals surface area contributed by atoms with Gasteiger partial charge in [0.1, 0.15) is 34.4 Å². The average molecular weight is 1120 g/mol. The number of imide groups is 1. The van der Waals surface area contributed by atoms with Crippen molar-refractivity contribution in [3.8, 4) is 23.0 Å². The van der Waals surface area contributed by atoms with Crippen LogP contribution in [0.1, 0.15) is 126 Å². The summed E-state index contributed by atoms with van der Waals surface area (Å²) in [6.07, 6.45) is 13.4. The molecule has 19 heteroatoms. The molecule has 82 heavy (non-hydrogen) atoms. The smallest absolute Gasteiger partial charge is 0.410 e. The molecule has 3 atom stereocenters. The monoisotopic (exact) mass is 1120 g/mol. The Hall–Kier alpha value is -6.70. The fourth-order valence-corrected chi connectivity index (χ4v) is 14.5. The first kappa shape index (κ1) is 54.5. The molecule has 1 spiro atoms. The number of nitrogens with zero attached hydrogens (tertiary/aromatic N) is 8. The molecule has 18 nitrogen and oxygen atoms in total. The van der Waals surface area contributed by atoms with E-state index in [9.17, 15) is 19.2 Å². The van der Waals surface area contributed by atoms with E-state index in [-0.39, 0.29) is 78.0 Å². The second kappa shape index (κ2) is 21.5. The van der Waals surface area contributed by atoms with Crippen LogP contribution < -0.4 is 24.6 Å². The highest BCUT2D eigenvalue weighted by Crippen LogP contribution is 2.53. The van der Waals surface area contributed by atoms with E-state index in [4.69, 9.17) is 38.6 Å². The highest BCUT2D eigenvalue weighted by Gasteiger charge is 2.51. The quantitative estimate of drug-likeness (QED) is 0.0774. The van der Waals surface area contributed by atoms with Gasteiger partial charge in [0, 0.05) is 81.2 Å². The average Bonchev–Trinajstić information content (AvgIpc) is 4.11. The summed E-state index contributed by atoms with van der Waals surface area (Å²) in [7, 11) is 1.57. The van der Waals surface area contributed by atoms with Crippen molar-refractivity contribution in [1.82, 2.24) is 35.0 Å². The number of carbonyl (C=O) groups excluding carboxylic acids is 4. The van der Waals surface area contributed by atoms with Crippen LogP contribution in [0.4, 0.5) is 20.7 Å². The number of likely N-dealkylation sites (tertiary alicyclic amines) is 1. The SMILES string of the molecule is CCc1cccc2cc(OCOC)cc(-c3ncc4c(N5CC6CCC(C5)N6C(=O)OC(C)(C)C)nc(OCC5(CN6CCC7(CC6)CC(OC6CCN(c8ccc9c(c8)CN(C8CCC(=O)NC8=O)C9=O)CC6)C7)CC5)nc4c3F)c12. The van der Waals surface area contributed by atoms with Gasteiger partial charge in [-0.3, -0.25) is 29.6 Å². The number of hydrogen-bond donors (Lipinski definition) is 1. The van der Waals surface area contributed by atoms with Crippen molar-refractivity contribution in [3.05, 3.63) is 77.2 Å². The summed E-state index contributed by atoms with van der Waals surface area (Å²) < 4.78 is 48.2. The highest BCUT2D eigenvalue weighted by molar-refractivity contribution is 6.06. The molecule has 3 unspecified atom stereocenters. The van der Waals surface area contributed by atoms with Crippen LogP contribution in [0.5, 0.6) is 11.8 Å². The van der Waals surface area contributed by atoms with Gasteiger partial charge in [0.05, 0.1) is 36.3 Å². The number of halogens is 1. The molecule has 2 bridgehead atoms. The van der Waals surface area contributed by atoms with Gasteiger partial charge in [-0.15, -0.1) is 0 Å². The summed E-state index contributed by atoms with van der Waals surface area (Å²) in [6.45, 7) is 14.3. The number of ether oxygens (including phenoxy) is 5. The standard InChI is InChI=1S/C63H76FN9O9/c1-6-38-8-7-9-39-27-45(80-37-78-5)28-48(52(38)39)54-53(64)55-49(31-65-54)56(71-33-42-10-11-43(34-71)73(42)60(77)82-61(2,3)4)68-59(67-55)79-36-63(18-19-63)35-69-24-20-62(21-25-69)29-46(30-62)81-44-16-22-70(23-17-44)41-12-13-47-40(26-41)32-72(58(47)76)50-14-15-51(74)66-57(50)75/h7-9,12-13,26-28,31,42-44,46,50H,6,10-11,14-25,29-30,32-37H2,1-5H3,(H,66,74,75). The molecule has 0 radical (unpaired) electrons. The Labute approximate surface area is 478 Å². The zero-order valence-electron chi connectivity index (χ0n) is 48.0. The Kier molecular flexibility index (Phi) is 14.3. The molecule has 7 fully saturated rings. The molecule has 8 heterocycles. The Morgan fingerprint density at radius 3 is 2.33 bits per heavy atom. The number of benzene rings is 3. The lowest BCUT2D eigenvalue weighted by Crippen LogP contribution is -2.57. The van der Waals surface area contributed by atoms with E-state index in [0.29, 0.717) is 66.2 Å². The maximum atomic E-state index is 17.7. The Morgan fingerprint density at radius 1 is 0.854 bits per heavy atom. The summed E-state index contributed by atoms with van der Waals surface area (Å²) >= 11 is 0. The predicted molar refractivity (Wildman–Crippen MR) is 306 cm³/mol. The van der Waals surface area contributed by atoms with E-state index >= 15 is 4.39 Å². The van der Waals surface area contributed by atoms with Crippen molar-refractivity contribution in [1.29, 1.82) is 0 Å². The molecule has 2 aromatic heterocycles. The minimum Gasteiger partial charge on any atom is -0.468 e. The number of piperazine rings is 1. The maximum absolute atomic E-state index is 17.7. The molecule has 2 aliphatic carbocycles. The number of anilines is 2. The molecule has 8 aliphatic rings. The summed E-state index contributed by atoms with van der Waals surface area (Å²) in [5, 5.41) is 4.68. The van der Waals surface area contributed by atoms with E-state index in [0.717, 1.165) is 131 Å². The van der Waals surface area contributed by atoms with Crippen LogP contribution >= 0.6 is 0 Å². The van der Waals surface area contributed by atoms with Crippen LogP contribution in [-0.2, 0) is 36.8 Å². The first-order chi connectivity index (χ1) is 39.5. The van der Waals surface area contributed by atoms with E-state index in [2.05, 4.69) is 39.1 Å². The number of aryl methyl sites for hydroxylation is 1. The molecule has 13 rings (SSSR count). The van der Waals surface area contributed by atoms with Crippen molar-refractivity contribution < 1.29 is 47.3 Å². The number of hydrogen-bond acceptors (Lipinski definition) is 15. The van der Waals surface area contributed by atoms with Crippen molar-refractivity contribution >= 4 is 57.0 Å². The fourth-order valence-electron chi connectivity index (χ4n) is 14.5. The van der Waals surface area contributed by atoms with Crippen molar-refractivity contribution in [2.24, 2.45) is 10.8 Å². The van der Waals surface area contributed by atoms with Crippen molar-refractivity contribution in [2.45, 2.75) is 154 Å². The molecule has 6 aliphatic heterocycles. The van der Waals surface area contributed by atoms with Gasteiger partial charge in [-0.05, 0) is 169 Å². The lowest BCUT2D eigenvalue weighted by molar-refractivity contribution is -0.137. The summed E-state index contributed by atoms with van der Waals surface area (Å²) in [5.41, 5.74) is 4.27. The van der Waals surface area contributed by atoms with Gasteiger partial charge in [0.15, 0.2) is 12.6 Å². The minimum absolute atomic E-state index is 0.0377. The Bertz CT molecular complexity index is 3310. The number of carbonyl (C=O) groups is 4. The molecule has 3 aromatic carbocycles. The van der Waals surface area contributed by atoms with Crippen molar-refractivity contribution in [2.75, 3.05) is 76.1 Å². The molecular formula is C63H76FN9O9. The number of piperidine rings is 3. The van der Waals surface area contributed by atoms with Crippen LogP contribution in [0, 0.1) is 16.6 Å². The van der Waals surface area contributed by atoms with Crippen LogP contribution in [0.15, 0.2) is 54.7 Å². The fraction of sp³-hybridized carbons (Fsp3) is 0.571. The van der Waals surface area contributed by atoms with E-state index < -0.39 is 23.4 Å². The third kappa shape index (κ3) is 10.6. The number of rotatable bonds is 15. The highest BCUT2D eigenvalue weighted by atomic mass is 19.1. The molecule has 5 aromatic rings. The van der Waals surface area contributed by atoms with Crippen LogP contribution in [0.3, 0.4) is 0 Å². The largest absolute Gasteiger partial charge is 0.468 e. The lowest BCUT2D eigenvalue weighted by atomic mass is 9.61. The summed E-state index contributed by atoms with van der Waals surface area (Å²) in [6, 6.07) is 15.2. The normalized spacial score (nSPS) is 23.6. The number of methoxy groups -OCH3 is 1. The molecule has 434 valence electrons. The summed E-state index contributed by atoms with van der Waals surface area (Å²) in [5.74, 6) is -0.302. The van der Waals surface area contributed by atoms with E-state index in [1.807, 2.05) is 62.1 Å². The second-order valence-corrected chi connectivity index (χ2v) is 25.7. The predicted octanol–water partition coefficient (Wildman–Crippen LogP) is 8.97. The number of amides is 4. The van der Waals surface area contributed by atoms with Gasteiger partial charge in [0.25, 0.3) is 5.91 Å². The molecule has 1 N–H and O–H groups in total. The van der Waals surface area contributed by atoms with Crippen LogP contribution in [-0.4, -0.2) is 156 Å². The third-order valence-electron chi connectivity index (χ3n) is 19.0. The number of aromatic nitrogens is 3. The molecule has 5 saturated heterocycles. The van der Waals surface area contributed by atoms with Gasteiger partial charge in [-0.2, -0.15) is 9.97 Å². The first-order valence-corrected chi connectivity index (χ1v) is 29.9. The molecule has 4 amide bonds. The third-order valence-corrected chi connectivity index (χ3v) is 19.0. The molecular weight excluding hydrogens is 1050 g/mol. The maximum Gasteiger partial charge on any atom is 0.410 e. The van der Waals surface area contributed by atoms with Gasteiger partial charge >= 0.3 is 12.1 Å². The zero-order valence-corrected chi connectivity index (χ0v) is 48.0. The first-order valence-electron chi connectivity index (χ1n) is 29.9. The lowest BCUT2D eigenvalue weighted by Gasteiger charge is -2.53. The summed E-state index contributed by atoms with van der Waals surface area (Å²) in [4.78, 5) is 76.6. The van der Waals surface area contributed by atoms with Crippen molar-refractivity contribution in [3.63, 3.8) is 0 Å². The Balaban J connectivity index is 0.652. The van der Waals surface area contributed by atoms with Crippen LogP contribution in [0.25, 0.3) is 32.9 Å². The van der Waals surface area contributed by atoms with Gasteiger partial charge in [-0.25, -0.2) is 9.18 Å². The van der Waals surface area contributed by atoms with Gasteiger partial charge < -0.3 is 43.3 Å². The number of nitrogens with one attached hydrogen (secondary N) is 1. The number of pyridine rings is 1. The zero-order chi connectivity index (χ0) is 56.7. The minimum atomic E-state index is -0.622. The van der Waals surface area contributed by atoms with Crippen LogP contribution in [0.2, 0.25) is 0 Å². The van der Waals surface area contributed by atoms with Gasteiger partial charge in [0.2, 0.25) is 11.8 Å². The van der Waals surface area contributed by atoms with Gasteiger partial charge in [-0.1, -0.05) is 25.1 Å². The topological polar surface area (TPSA) is 181 Å². The van der Waals surface area contributed by atoms with E-state index in [1.54, 1.807) is 18.2 Å². The number of fused-ring (bicyclic) bond motifs is 5. The Morgan fingerprint density at radius 2 is 1.62 bits per heavy atom. The van der Waals surface area contributed by atoms with E-state index in [1.165, 1.54) is 0 Å². The second-order valence-electron chi connectivity index (χ2n) is 25.7.